The Morgan fingerprint density at radius 1 is 1.41 bits per heavy atom. The van der Waals surface area contributed by atoms with Crippen LogP contribution in [0.4, 0.5) is 5.69 Å². The van der Waals surface area contributed by atoms with Gasteiger partial charge in [0.15, 0.2) is 0 Å². The molecule has 0 radical (unpaired) electrons. The van der Waals surface area contributed by atoms with Crippen molar-refractivity contribution in [2.75, 3.05) is 13.2 Å². The molecule has 0 bridgehead atoms. The molecule has 120 valence electrons. The minimum atomic E-state index is -0.446. The van der Waals surface area contributed by atoms with Gasteiger partial charge in [-0.2, -0.15) is 0 Å². The van der Waals surface area contributed by atoms with E-state index in [2.05, 4.69) is 12.2 Å². The summed E-state index contributed by atoms with van der Waals surface area (Å²) in [7, 11) is 0. The second-order valence-electron chi connectivity index (χ2n) is 5.81. The Kier molecular flexibility index (Phi) is 5.89. The summed E-state index contributed by atoms with van der Waals surface area (Å²) in [6, 6.07) is 6.09. The summed E-state index contributed by atoms with van der Waals surface area (Å²) in [5, 5.41) is 13.5. The van der Waals surface area contributed by atoms with Crippen LogP contribution in [0.2, 0.25) is 0 Å². The molecule has 6 nitrogen and oxygen atoms in total. The smallest absolute Gasteiger partial charge is 0.269 e. The number of nitro benzene ring substituents is 1. The maximum atomic E-state index is 11.9. The van der Waals surface area contributed by atoms with Crippen LogP contribution >= 0.6 is 0 Å². The quantitative estimate of drug-likeness (QED) is 0.646. The number of benzene rings is 1. The molecule has 1 aliphatic rings. The number of nitrogens with one attached hydrogen (secondary N) is 1. The molecule has 1 amide bonds. The second-order valence-corrected chi connectivity index (χ2v) is 5.81. The molecule has 22 heavy (non-hydrogen) atoms. The van der Waals surface area contributed by atoms with Crippen LogP contribution in [0.5, 0.6) is 0 Å². The highest BCUT2D eigenvalue weighted by Gasteiger charge is 2.19. The lowest BCUT2D eigenvalue weighted by atomic mass is 9.93. The van der Waals surface area contributed by atoms with Crippen molar-refractivity contribution < 1.29 is 14.5 Å². The van der Waals surface area contributed by atoms with E-state index in [0.717, 1.165) is 31.4 Å². The molecule has 1 saturated heterocycles. The zero-order valence-electron chi connectivity index (χ0n) is 12.8. The highest BCUT2D eigenvalue weighted by atomic mass is 16.6. The van der Waals surface area contributed by atoms with E-state index in [4.69, 9.17) is 4.74 Å². The number of hydrogen-bond acceptors (Lipinski definition) is 4. The van der Waals surface area contributed by atoms with Gasteiger partial charge in [0.25, 0.3) is 5.69 Å². The Bertz CT molecular complexity index is 515. The minimum Gasteiger partial charge on any atom is -0.378 e. The van der Waals surface area contributed by atoms with Crippen LogP contribution in [-0.4, -0.2) is 30.1 Å². The average molecular weight is 306 g/mol. The Labute approximate surface area is 130 Å². The predicted molar refractivity (Wildman–Crippen MR) is 82.6 cm³/mol. The lowest BCUT2D eigenvalue weighted by molar-refractivity contribution is -0.384. The molecule has 0 aliphatic carbocycles. The third-order valence-corrected chi connectivity index (χ3v) is 3.98. The highest BCUT2D eigenvalue weighted by molar-refractivity contribution is 5.78. The SMILES string of the molecule is C[C@H]1C[C@H](CCNC(=O)Cc2ccc([N+](=O)[O-])cc2)CCO1. The van der Waals surface area contributed by atoms with Crippen molar-refractivity contribution >= 4 is 11.6 Å². The van der Waals surface area contributed by atoms with Gasteiger partial charge in [0.05, 0.1) is 17.4 Å². The van der Waals surface area contributed by atoms with Gasteiger partial charge >= 0.3 is 0 Å². The van der Waals surface area contributed by atoms with Crippen LogP contribution in [0, 0.1) is 16.0 Å². The first-order valence-electron chi connectivity index (χ1n) is 7.66. The zero-order valence-corrected chi connectivity index (χ0v) is 12.8. The van der Waals surface area contributed by atoms with E-state index in [0.29, 0.717) is 18.6 Å². The van der Waals surface area contributed by atoms with Gasteiger partial charge in [-0.15, -0.1) is 0 Å². The van der Waals surface area contributed by atoms with Gasteiger partial charge < -0.3 is 10.1 Å². The van der Waals surface area contributed by atoms with E-state index in [-0.39, 0.29) is 18.0 Å². The average Bonchev–Trinajstić information content (AvgIpc) is 2.48. The number of amides is 1. The number of carbonyl (C=O) groups excluding carboxylic acids is 1. The van der Waals surface area contributed by atoms with Gasteiger partial charge in [0.1, 0.15) is 0 Å². The monoisotopic (exact) mass is 306 g/mol. The van der Waals surface area contributed by atoms with Crippen molar-refractivity contribution in [3.05, 3.63) is 39.9 Å². The van der Waals surface area contributed by atoms with Crippen molar-refractivity contribution in [1.29, 1.82) is 0 Å². The Morgan fingerprint density at radius 3 is 2.77 bits per heavy atom. The summed E-state index contributed by atoms with van der Waals surface area (Å²) in [6.07, 6.45) is 3.65. The number of rotatable bonds is 6. The maximum absolute atomic E-state index is 11.9. The van der Waals surface area contributed by atoms with E-state index in [9.17, 15) is 14.9 Å². The Balaban J connectivity index is 1.70. The number of non-ortho nitro benzene ring substituents is 1. The van der Waals surface area contributed by atoms with Crippen molar-refractivity contribution in [2.45, 2.75) is 38.7 Å². The van der Waals surface area contributed by atoms with Crippen LogP contribution in [0.3, 0.4) is 0 Å². The van der Waals surface area contributed by atoms with Crippen molar-refractivity contribution in [3.8, 4) is 0 Å². The lowest BCUT2D eigenvalue weighted by Crippen LogP contribution is -2.30. The summed E-state index contributed by atoms with van der Waals surface area (Å²) in [5.74, 6) is 0.567. The van der Waals surface area contributed by atoms with E-state index >= 15 is 0 Å². The van der Waals surface area contributed by atoms with E-state index in [1.54, 1.807) is 12.1 Å². The normalized spacial score (nSPS) is 21.3. The minimum absolute atomic E-state index is 0.0396. The molecule has 1 heterocycles. The number of carbonyl (C=O) groups is 1. The molecule has 0 spiro atoms. The lowest BCUT2D eigenvalue weighted by Gasteiger charge is -2.27. The van der Waals surface area contributed by atoms with E-state index < -0.39 is 4.92 Å². The molecule has 0 saturated carbocycles. The molecular weight excluding hydrogens is 284 g/mol. The molecule has 1 N–H and O–H groups in total. The van der Waals surface area contributed by atoms with Crippen LogP contribution in [-0.2, 0) is 16.0 Å². The van der Waals surface area contributed by atoms with Gasteiger partial charge in [-0.3, -0.25) is 14.9 Å². The molecule has 0 aromatic heterocycles. The molecule has 1 aromatic rings. The summed E-state index contributed by atoms with van der Waals surface area (Å²) < 4.78 is 5.51. The fourth-order valence-corrected chi connectivity index (χ4v) is 2.75. The van der Waals surface area contributed by atoms with Gasteiger partial charge in [-0.25, -0.2) is 0 Å². The van der Waals surface area contributed by atoms with Crippen LogP contribution < -0.4 is 5.32 Å². The van der Waals surface area contributed by atoms with E-state index in [1.807, 2.05) is 0 Å². The molecule has 1 aliphatic heterocycles. The standard InChI is InChI=1S/C16H22N2O4/c1-12-10-14(7-9-22-12)6-8-17-16(19)11-13-2-4-15(5-3-13)18(20)21/h2-5,12,14H,6-11H2,1H3,(H,17,19)/t12-,14+/m0/s1. The first-order valence-corrected chi connectivity index (χ1v) is 7.66. The van der Waals surface area contributed by atoms with Gasteiger partial charge in [-0.05, 0) is 37.7 Å². The first kappa shape index (κ1) is 16.4. The highest BCUT2D eigenvalue weighted by Crippen LogP contribution is 2.22. The molecule has 2 rings (SSSR count). The second kappa shape index (κ2) is 7.89. The molecule has 2 atom stereocenters. The third kappa shape index (κ3) is 5.11. The van der Waals surface area contributed by atoms with Crippen molar-refractivity contribution in [2.24, 2.45) is 5.92 Å². The Morgan fingerprint density at radius 2 is 2.14 bits per heavy atom. The molecular formula is C16H22N2O4. The van der Waals surface area contributed by atoms with Gasteiger partial charge in [-0.1, -0.05) is 12.1 Å². The number of ether oxygens (including phenoxy) is 1. The van der Waals surface area contributed by atoms with Crippen LogP contribution in [0.15, 0.2) is 24.3 Å². The van der Waals surface area contributed by atoms with Crippen molar-refractivity contribution in [1.82, 2.24) is 5.32 Å². The fourth-order valence-electron chi connectivity index (χ4n) is 2.75. The summed E-state index contributed by atoms with van der Waals surface area (Å²) in [6.45, 7) is 3.56. The third-order valence-electron chi connectivity index (χ3n) is 3.98. The molecule has 1 fully saturated rings. The number of hydrogen-bond donors (Lipinski definition) is 1. The maximum Gasteiger partial charge on any atom is 0.269 e. The molecule has 0 unspecified atom stereocenters. The topological polar surface area (TPSA) is 81.5 Å². The number of nitro groups is 1. The summed E-state index contributed by atoms with van der Waals surface area (Å²) >= 11 is 0. The summed E-state index contributed by atoms with van der Waals surface area (Å²) in [4.78, 5) is 22.0. The molecule has 1 aromatic carbocycles. The zero-order chi connectivity index (χ0) is 15.9. The van der Waals surface area contributed by atoms with Gasteiger partial charge in [0.2, 0.25) is 5.91 Å². The predicted octanol–water partition coefficient (Wildman–Crippen LogP) is 2.46. The molecule has 6 heteroatoms. The van der Waals surface area contributed by atoms with Crippen LogP contribution in [0.1, 0.15) is 31.7 Å². The summed E-state index contributed by atoms with van der Waals surface area (Å²) in [5.41, 5.74) is 0.820. The van der Waals surface area contributed by atoms with Crippen molar-refractivity contribution in [3.63, 3.8) is 0 Å². The largest absolute Gasteiger partial charge is 0.378 e. The Hall–Kier alpha value is -1.95. The number of nitrogens with zero attached hydrogens (tertiary/aromatic N) is 1. The first-order chi connectivity index (χ1) is 10.5. The fraction of sp³-hybridized carbons (Fsp3) is 0.562. The van der Waals surface area contributed by atoms with Gasteiger partial charge in [0, 0.05) is 25.3 Å². The van der Waals surface area contributed by atoms with Crippen LogP contribution in [0.25, 0.3) is 0 Å². The van der Waals surface area contributed by atoms with E-state index in [1.165, 1.54) is 12.1 Å².